The number of amides is 1. The Hall–Kier alpha value is -3.58. The number of carbonyl (C=O) groups excluding carboxylic acids is 1. The Kier molecular flexibility index (Phi) is 5.88. The highest BCUT2D eigenvalue weighted by molar-refractivity contribution is 6.11. The molecule has 5 rings (SSSR count). The number of fused-ring (bicyclic) bond motifs is 1. The van der Waals surface area contributed by atoms with Crippen molar-refractivity contribution >= 4 is 22.5 Å². The molecule has 0 spiro atoms. The van der Waals surface area contributed by atoms with Crippen molar-refractivity contribution in [3.63, 3.8) is 0 Å². The summed E-state index contributed by atoms with van der Waals surface area (Å²) in [5, 5.41) is 10.7. The van der Waals surface area contributed by atoms with Gasteiger partial charge in [0.05, 0.1) is 5.52 Å². The van der Waals surface area contributed by atoms with E-state index < -0.39 is 0 Å². The summed E-state index contributed by atoms with van der Waals surface area (Å²) in [6, 6.07) is 12.9. The molecule has 7 heteroatoms. The van der Waals surface area contributed by atoms with Crippen LogP contribution in [0.15, 0.2) is 54.9 Å². The highest BCUT2D eigenvalue weighted by Gasteiger charge is 2.18. The van der Waals surface area contributed by atoms with Gasteiger partial charge in [0, 0.05) is 30.0 Å². The molecule has 0 radical (unpaired) electrons. The zero-order valence-corrected chi connectivity index (χ0v) is 18.6. The van der Waals surface area contributed by atoms with Crippen molar-refractivity contribution in [2.75, 3.05) is 18.4 Å². The van der Waals surface area contributed by atoms with E-state index in [-0.39, 0.29) is 11.7 Å². The summed E-state index contributed by atoms with van der Waals surface area (Å²) in [5.74, 6) is -0.520. The molecular weight excluding hydrogens is 417 g/mol. The Morgan fingerprint density at radius 1 is 1.09 bits per heavy atom. The van der Waals surface area contributed by atoms with E-state index in [1.54, 1.807) is 37.5 Å². The standard InChI is InChI=1S/C26H26FN5O/c1-17-21(13-18(14-23(17)27)16-32-11-3-2-4-12-32)19-5-6-24-22(15-19)25(31-30-24)26(33)29-20-7-9-28-10-8-20/h5-10,13-15H,2-4,11-12,16H2,1H3,(H,30,31)(H,28,29,33). The Labute approximate surface area is 191 Å². The Bertz CT molecular complexity index is 1300. The molecule has 0 aliphatic carbocycles. The zero-order valence-electron chi connectivity index (χ0n) is 18.6. The first-order valence-corrected chi connectivity index (χ1v) is 11.3. The van der Waals surface area contributed by atoms with Crippen LogP contribution in [-0.2, 0) is 6.54 Å². The van der Waals surface area contributed by atoms with E-state index in [0.717, 1.165) is 41.8 Å². The number of nitrogens with zero attached hydrogens (tertiary/aromatic N) is 3. The van der Waals surface area contributed by atoms with Gasteiger partial charge in [-0.1, -0.05) is 12.5 Å². The van der Waals surface area contributed by atoms with Crippen molar-refractivity contribution in [1.29, 1.82) is 0 Å². The minimum Gasteiger partial charge on any atom is -0.320 e. The lowest BCUT2D eigenvalue weighted by molar-refractivity contribution is 0.102. The molecule has 2 aromatic heterocycles. The molecule has 0 bridgehead atoms. The molecule has 0 atom stereocenters. The number of H-pyrrole nitrogens is 1. The number of carbonyl (C=O) groups is 1. The molecule has 1 amide bonds. The van der Waals surface area contributed by atoms with E-state index >= 15 is 0 Å². The van der Waals surface area contributed by atoms with Crippen LogP contribution in [-0.4, -0.2) is 39.1 Å². The SMILES string of the molecule is Cc1c(F)cc(CN2CCCCC2)cc1-c1ccc2[nH]nc(C(=O)Nc3ccncc3)c2c1. The number of aromatic amines is 1. The predicted molar refractivity (Wildman–Crippen MR) is 128 cm³/mol. The summed E-state index contributed by atoms with van der Waals surface area (Å²) in [7, 11) is 0. The maximum Gasteiger partial charge on any atom is 0.276 e. The monoisotopic (exact) mass is 443 g/mol. The predicted octanol–water partition coefficient (Wildman–Crippen LogP) is 5.31. The van der Waals surface area contributed by atoms with Crippen LogP contribution < -0.4 is 5.32 Å². The minimum atomic E-state index is -0.314. The second-order valence-corrected chi connectivity index (χ2v) is 8.61. The summed E-state index contributed by atoms with van der Waals surface area (Å²) < 4.78 is 14.9. The average molecular weight is 444 g/mol. The van der Waals surface area contributed by atoms with Crippen LogP contribution in [0.1, 0.15) is 40.9 Å². The van der Waals surface area contributed by atoms with Gasteiger partial charge >= 0.3 is 0 Å². The number of hydrogen-bond donors (Lipinski definition) is 2. The highest BCUT2D eigenvalue weighted by Crippen LogP contribution is 2.31. The summed E-state index contributed by atoms with van der Waals surface area (Å²) in [4.78, 5) is 19.2. The van der Waals surface area contributed by atoms with E-state index in [1.807, 2.05) is 18.2 Å². The van der Waals surface area contributed by atoms with Gasteiger partial charge in [-0.2, -0.15) is 5.10 Å². The van der Waals surface area contributed by atoms with Gasteiger partial charge in [0.15, 0.2) is 5.69 Å². The first kappa shape index (κ1) is 21.3. The van der Waals surface area contributed by atoms with Gasteiger partial charge in [-0.3, -0.25) is 19.8 Å². The van der Waals surface area contributed by atoms with Crippen molar-refractivity contribution in [2.24, 2.45) is 0 Å². The van der Waals surface area contributed by atoms with Gasteiger partial charge in [-0.05, 0) is 91.5 Å². The van der Waals surface area contributed by atoms with Crippen LogP contribution in [0.4, 0.5) is 10.1 Å². The number of aromatic nitrogens is 3. The first-order valence-electron chi connectivity index (χ1n) is 11.3. The fraction of sp³-hybridized carbons (Fsp3) is 0.269. The normalized spacial score (nSPS) is 14.5. The van der Waals surface area contributed by atoms with Crippen LogP contribution in [0.25, 0.3) is 22.0 Å². The number of likely N-dealkylation sites (tertiary alicyclic amines) is 1. The Morgan fingerprint density at radius 2 is 1.88 bits per heavy atom. The molecule has 1 aliphatic heterocycles. The third-order valence-corrected chi connectivity index (χ3v) is 6.29. The van der Waals surface area contributed by atoms with E-state index in [9.17, 15) is 9.18 Å². The summed E-state index contributed by atoms with van der Waals surface area (Å²) >= 11 is 0. The molecule has 0 saturated carbocycles. The van der Waals surface area contributed by atoms with Crippen LogP contribution in [0.5, 0.6) is 0 Å². The number of anilines is 1. The summed E-state index contributed by atoms with van der Waals surface area (Å²) in [5.41, 5.74) is 4.96. The zero-order chi connectivity index (χ0) is 22.8. The molecule has 1 aliphatic rings. The van der Waals surface area contributed by atoms with Crippen LogP contribution in [0, 0.1) is 12.7 Å². The topological polar surface area (TPSA) is 73.9 Å². The molecule has 2 N–H and O–H groups in total. The van der Waals surface area contributed by atoms with Gasteiger partial charge in [0.25, 0.3) is 5.91 Å². The quantitative estimate of drug-likeness (QED) is 0.438. The van der Waals surface area contributed by atoms with Gasteiger partial charge in [-0.25, -0.2) is 4.39 Å². The lowest BCUT2D eigenvalue weighted by atomic mass is 9.95. The minimum absolute atomic E-state index is 0.206. The third kappa shape index (κ3) is 4.50. The smallest absolute Gasteiger partial charge is 0.276 e. The maximum absolute atomic E-state index is 14.9. The molecule has 6 nitrogen and oxygen atoms in total. The van der Waals surface area contributed by atoms with Crippen molar-refractivity contribution in [1.82, 2.24) is 20.1 Å². The number of rotatable bonds is 5. The largest absolute Gasteiger partial charge is 0.320 e. The number of hydrogen-bond acceptors (Lipinski definition) is 4. The molecule has 1 saturated heterocycles. The number of benzene rings is 2. The van der Waals surface area contributed by atoms with Crippen LogP contribution in [0.3, 0.4) is 0 Å². The average Bonchev–Trinajstić information content (AvgIpc) is 3.26. The van der Waals surface area contributed by atoms with E-state index in [2.05, 4.69) is 31.5 Å². The number of halogens is 1. The fourth-order valence-corrected chi connectivity index (χ4v) is 4.48. The van der Waals surface area contributed by atoms with Crippen molar-refractivity contribution < 1.29 is 9.18 Å². The second-order valence-electron chi connectivity index (χ2n) is 8.61. The molecule has 3 heterocycles. The highest BCUT2D eigenvalue weighted by atomic mass is 19.1. The van der Waals surface area contributed by atoms with Crippen LogP contribution >= 0.6 is 0 Å². The molecule has 2 aromatic carbocycles. The lowest BCUT2D eigenvalue weighted by Gasteiger charge is -2.26. The molecule has 4 aromatic rings. The van der Waals surface area contributed by atoms with Crippen LogP contribution in [0.2, 0.25) is 0 Å². The molecule has 1 fully saturated rings. The van der Waals surface area contributed by atoms with Gasteiger partial charge in [0.1, 0.15) is 5.82 Å². The first-order chi connectivity index (χ1) is 16.1. The number of piperidine rings is 1. The molecule has 168 valence electrons. The molecule has 33 heavy (non-hydrogen) atoms. The van der Waals surface area contributed by atoms with Gasteiger partial charge in [0.2, 0.25) is 0 Å². The van der Waals surface area contributed by atoms with E-state index in [4.69, 9.17) is 0 Å². The molecular formula is C26H26FN5O. The van der Waals surface area contributed by atoms with E-state index in [0.29, 0.717) is 22.3 Å². The summed E-state index contributed by atoms with van der Waals surface area (Å²) in [6.07, 6.45) is 6.90. The number of nitrogens with one attached hydrogen (secondary N) is 2. The van der Waals surface area contributed by atoms with E-state index in [1.165, 1.54) is 19.3 Å². The fourth-order valence-electron chi connectivity index (χ4n) is 4.48. The van der Waals surface area contributed by atoms with Gasteiger partial charge in [-0.15, -0.1) is 0 Å². The summed E-state index contributed by atoms with van der Waals surface area (Å²) in [6.45, 7) is 4.66. The van der Waals surface area contributed by atoms with Crippen molar-refractivity contribution in [3.05, 3.63) is 77.5 Å². The Balaban J connectivity index is 1.48. The molecule has 0 unspecified atom stereocenters. The maximum atomic E-state index is 14.9. The van der Waals surface area contributed by atoms with Gasteiger partial charge < -0.3 is 5.32 Å². The number of pyridine rings is 1. The van der Waals surface area contributed by atoms with Crippen molar-refractivity contribution in [2.45, 2.75) is 32.7 Å². The van der Waals surface area contributed by atoms with Crippen molar-refractivity contribution in [3.8, 4) is 11.1 Å². The second kappa shape index (κ2) is 9.11. The Morgan fingerprint density at radius 3 is 2.67 bits per heavy atom. The lowest BCUT2D eigenvalue weighted by Crippen LogP contribution is -2.29. The third-order valence-electron chi connectivity index (χ3n) is 6.29.